The van der Waals surface area contributed by atoms with Gasteiger partial charge in [-0.2, -0.15) is 4.68 Å². The highest BCUT2D eigenvalue weighted by Crippen LogP contribution is 2.18. The molecule has 2 aromatic carbocycles. The molecule has 3 aromatic rings. The van der Waals surface area contributed by atoms with Crippen molar-refractivity contribution in [2.45, 2.75) is 25.9 Å². The molecule has 8 heteroatoms. The maximum absolute atomic E-state index is 12.9. The summed E-state index contributed by atoms with van der Waals surface area (Å²) in [5.74, 6) is -0.843. The lowest BCUT2D eigenvalue weighted by Gasteiger charge is -2.13. The molecule has 0 radical (unpaired) electrons. The molecule has 1 atom stereocenters. The summed E-state index contributed by atoms with van der Waals surface area (Å²) >= 11 is 0. The number of ether oxygens (including phenoxy) is 1. The molecule has 1 heterocycles. The number of Topliss-reactive ketones (excluding diaryl/α,β-unsaturated/α-hetero) is 1. The molecule has 0 amide bonds. The number of rotatable bonds is 7. The largest absolute Gasteiger partial charge is 0.454 e. The zero-order valence-corrected chi connectivity index (χ0v) is 14.6. The molecule has 0 spiro atoms. The van der Waals surface area contributed by atoms with Crippen molar-refractivity contribution in [1.82, 2.24) is 20.2 Å². The van der Waals surface area contributed by atoms with Crippen molar-refractivity contribution < 1.29 is 18.7 Å². The average Bonchev–Trinajstić information content (AvgIpc) is 3.17. The third-order valence-electron chi connectivity index (χ3n) is 3.89. The van der Waals surface area contributed by atoms with Crippen molar-refractivity contribution >= 4 is 11.8 Å². The lowest BCUT2D eigenvalue weighted by Crippen LogP contribution is -2.15. The first-order valence-electron chi connectivity index (χ1n) is 8.36. The second-order valence-corrected chi connectivity index (χ2v) is 5.85. The fourth-order valence-electron chi connectivity index (χ4n) is 2.51. The van der Waals surface area contributed by atoms with E-state index in [1.165, 1.54) is 28.9 Å². The second kappa shape index (κ2) is 8.31. The summed E-state index contributed by atoms with van der Waals surface area (Å²) in [6.07, 6.45) is -0.803. The monoisotopic (exact) mass is 368 g/mol. The smallest absolute Gasteiger partial charge is 0.306 e. The number of carbonyl (C=O) groups excluding carboxylic acids is 2. The Morgan fingerprint density at radius 1 is 1.07 bits per heavy atom. The summed E-state index contributed by atoms with van der Waals surface area (Å²) in [7, 11) is 0. The number of nitrogens with zero attached hydrogens (tertiary/aromatic N) is 4. The Kier molecular flexibility index (Phi) is 5.65. The van der Waals surface area contributed by atoms with E-state index in [1.54, 1.807) is 6.92 Å². The normalized spacial score (nSPS) is 11.8. The van der Waals surface area contributed by atoms with Gasteiger partial charge in [-0.3, -0.25) is 9.59 Å². The van der Waals surface area contributed by atoms with Gasteiger partial charge in [0, 0.05) is 12.0 Å². The van der Waals surface area contributed by atoms with Crippen LogP contribution in [0.1, 0.15) is 42.1 Å². The van der Waals surface area contributed by atoms with E-state index in [9.17, 15) is 14.0 Å². The molecule has 0 fully saturated rings. The quantitative estimate of drug-likeness (QED) is 0.470. The summed E-state index contributed by atoms with van der Waals surface area (Å²) in [5.41, 5.74) is 1.09. The van der Waals surface area contributed by atoms with E-state index >= 15 is 0 Å². The third-order valence-corrected chi connectivity index (χ3v) is 3.89. The van der Waals surface area contributed by atoms with Crippen molar-refractivity contribution in [2.24, 2.45) is 0 Å². The van der Waals surface area contributed by atoms with Gasteiger partial charge in [-0.1, -0.05) is 18.2 Å². The van der Waals surface area contributed by atoms with Gasteiger partial charge < -0.3 is 4.74 Å². The molecule has 0 aliphatic rings. The first-order chi connectivity index (χ1) is 13.0. The van der Waals surface area contributed by atoms with E-state index in [2.05, 4.69) is 15.5 Å². The van der Waals surface area contributed by atoms with Crippen LogP contribution in [0, 0.1) is 5.82 Å². The van der Waals surface area contributed by atoms with Gasteiger partial charge in [0.2, 0.25) is 0 Å². The highest BCUT2D eigenvalue weighted by atomic mass is 19.1. The van der Waals surface area contributed by atoms with Crippen molar-refractivity contribution in [3.8, 4) is 5.69 Å². The van der Waals surface area contributed by atoms with E-state index in [1.807, 2.05) is 30.3 Å². The number of carbonyl (C=O) groups is 2. The highest BCUT2D eigenvalue weighted by molar-refractivity contribution is 5.97. The molecule has 1 aromatic heterocycles. The minimum Gasteiger partial charge on any atom is -0.454 e. The molecular formula is C19H17FN4O3. The van der Waals surface area contributed by atoms with Gasteiger partial charge in [0.1, 0.15) is 5.82 Å². The van der Waals surface area contributed by atoms with E-state index in [4.69, 9.17) is 4.74 Å². The van der Waals surface area contributed by atoms with Gasteiger partial charge in [0.15, 0.2) is 17.7 Å². The van der Waals surface area contributed by atoms with Crippen molar-refractivity contribution in [1.29, 1.82) is 0 Å². The lowest BCUT2D eigenvalue weighted by molar-refractivity contribution is -0.149. The van der Waals surface area contributed by atoms with Crippen LogP contribution in [-0.2, 0) is 9.53 Å². The van der Waals surface area contributed by atoms with Crippen LogP contribution < -0.4 is 0 Å². The molecule has 0 saturated carbocycles. The fraction of sp³-hybridized carbons (Fsp3) is 0.211. The van der Waals surface area contributed by atoms with E-state index in [-0.39, 0.29) is 18.6 Å². The Morgan fingerprint density at radius 3 is 2.48 bits per heavy atom. The first kappa shape index (κ1) is 18.4. The predicted octanol–water partition coefficient (Wildman–Crippen LogP) is 3.07. The average molecular weight is 368 g/mol. The van der Waals surface area contributed by atoms with Crippen LogP contribution in [0.3, 0.4) is 0 Å². The summed E-state index contributed by atoms with van der Waals surface area (Å²) in [5, 5.41) is 11.5. The number of ketones is 1. The van der Waals surface area contributed by atoms with Gasteiger partial charge in [0.05, 0.1) is 12.1 Å². The molecule has 0 bridgehead atoms. The molecular weight excluding hydrogens is 351 g/mol. The van der Waals surface area contributed by atoms with E-state index in [0.29, 0.717) is 11.4 Å². The minimum atomic E-state index is -0.686. The summed E-state index contributed by atoms with van der Waals surface area (Å²) in [4.78, 5) is 24.1. The molecule has 3 rings (SSSR count). The minimum absolute atomic E-state index is 0.0270. The van der Waals surface area contributed by atoms with E-state index in [0.717, 1.165) is 5.69 Å². The van der Waals surface area contributed by atoms with Crippen molar-refractivity contribution in [2.75, 3.05) is 0 Å². The lowest BCUT2D eigenvalue weighted by atomic mass is 10.1. The number of halogens is 1. The zero-order valence-electron chi connectivity index (χ0n) is 14.6. The van der Waals surface area contributed by atoms with Crippen LogP contribution in [0.5, 0.6) is 0 Å². The Labute approximate surface area is 154 Å². The van der Waals surface area contributed by atoms with Gasteiger partial charge in [0.25, 0.3) is 0 Å². The molecule has 7 nitrogen and oxygen atoms in total. The Balaban J connectivity index is 1.58. The fourth-order valence-corrected chi connectivity index (χ4v) is 2.51. The van der Waals surface area contributed by atoms with Crippen LogP contribution in [0.15, 0.2) is 54.6 Å². The molecule has 0 saturated heterocycles. The Morgan fingerprint density at radius 2 is 1.78 bits per heavy atom. The van der Waals surface area contributed by atoms with Crippen LogP contribution >= 0.6 is 0 Å². The van der Waals surface area contributed by atoms with Crippen LogP contribution in [-0.4, -0.2) is 32.0 Å². The predicted molar refractivity (Wildman–Crippen MR) is 93.6 cm³/mol. The maximum Gasteiger partial charge on any atom is 0.306 e. The van der Waals surface area contributed by atoms with Gasteiger partial charge in [-0.25, -0.2) is 4.39 Å². The number of hydrogen-bond acceptors (Lipinski definition) is 6. The maximum atomic E-state index is 12.9. The van der Waals surface area contributed by atoms with Crippen LogP contribution in [0.4, 0.5) is 4.39 Å². The molecule has 1 unspecified atom stereocenters. The Hall–Kier alpha value is -3.42. The molecule has 0 aliphatic heterocycles. The van der Waals surface area contributed by atoms with Gasteiger partial charge in [-0.15, -0.1) is 5.10 Å². The van der Waals surface area contributed by atoms with Crippen LogP contribution in [0.2, 0.25) is 0 Å². The highest BCUT2D eigenvalue weighted by Gasteiger charge is 2.20. The number of benzene rings is 2. The third kappa shape index (κ3) is 4.60. The second-order valence-electron chi connectivity index (χ2n) is 5.85. The molecule has 27 heavy (non-hydrogen) atoms. The molecule has 0 N–H and O–H groups in total. The van der Waals surface area contributed by atoms with Gasteiger partial charge >= 0.3 is 5.97 Å². The number of aromatic nitrogens is 4. The summed E-state index contributed by atoms with van der Waals surface area (Å²) in [6.45, 7) is 1.66. The summed E-state index contributed by atoms with van der Waals surface area (Å²) < 4.78 is 19.7. The van der Waals surface area contributed by atoms with Crippen LogP contribution in [0.25, 0.3) is 5.69 Å². The molecule has 138 valence electrons. The number of tetrazole rings is 1. The SMILES string of the molecule is CC(OC(=O)CCC(=O)c1ccc(F)cc1)c1nnnn1-c1ccccc1. The Bertz CT molecular complexity index is 926. The van der Waals surface area contributed by atoms with Gasteiger partial charge in [-0.05, 0) is 53.7 Å². The first-order valence-corrected chi connectivity index (χ1v) is 8.36. The van der Waals surface area contributed by atoms with E-state index < -0.39 is 17.9 Å². The topological polar surface area (TPSA) is 87.0 Å². The molecule has 0 aliphatic carbocycles. The number of hydrogen-bond donors (Lipinski definition) is 0. The van der Waals surface area contributed by atoms with Crippen molar-refractivity contribution in [3.63, 3.8) is 0 Å². The standard InChI is InChI=1S/C19H17FN4O3/c1-13(19-21-22-23-24(19)16-5-3-2-4-6-16)27-18(26)12-11-17(25)14-7-9-15(20)10-8-14/h2-10,13H,11-12H2,1H3. The number of esters is 1. The number of para-hydroxylation sites is 1. The summed E-state index contributed by atoms with van der Waals surface area (Å²) in [6, 6.07) is 14.4. The zero-order chi connectivity index (χ0) is 19.2. The van der Waals surface area contributed by atoms with Crippen molar-refractivity contribution in [3.05, 3.63) is 71.8 Å².